The Hall–Kier alpha value is -0.630. The summed E-state index contributed by atoms with van der Waals surface area (Å²) in [6, 6.07) is 6.14. The average molecular weight is 504 g/mol. The predicted octanol–water partition coefficient (Wildman–Crippen LogP) is 5.31. The summed E-state index contributed by atoms with van der Waals surface area (Å²) in [6.45, 7) is 2.89. The zero-order valence-electron chi connectivity index (χ0n) is 11.6. The molecule has 0 heterocycles. The molecule has 2 aliphatic rings. The van der Waals surface area contributed by atoms with E-state index in [4.69, 9.17) is 4.74 Å². The Morgan fingerprint density at radius 1 is 1.19 bits per heavy atom. The lowest BCUT2D eigenvalue weighted by molar-refractivity contribution is -0.110. The minimum atomic E-state index is 0.119. The van der Waals surface area contributed by atoms with Crippen molar-refractivity contribution in [3.8, 4) is 5.75 Å². The monoisotopic (exact) mass is 504 g/mol. The summed E-state index contributed by atoms with van der Waals surface area (Å²) in [7, 11) is 0. The van der Waals surface area contributed by atoms with Crippen LogP contribution < -0.4 is 4.74 Å². The molecule has 0 bridgehead atoms. The summed E-state index contributed by atoms with van der Waals surface area (Å²) in [5, 5.41) is 0. The lowest BCUT2D eigenvalue weighted by Gasteiger charge is -2.14. The van der Waals surface area contributed by atoms with Gasteiger partial charge in [0.2, 0.25) is 5.78 Å². The van der Waals surface area contributed by atoms with E-state index in [1.54, 1.807) is 0 Å². The maximum absolute atomic E-state index is 12.2. The molecule has 108 valence electrons. The highest BCUT2D eigenvalue weighted by Gasteiger charge is 2.29. The van der Waals surface area contributed by atoms with Crippen molar-refractivity contribution in [2.75, 3.05) is 6.61 Å². The highest BCUT2D eigenvalue weighted by molar-refractivity contribution is 14.1. The summed E-state index contributed by atoms with van der Waals surface area (Å²) in [5.74, 6) is 0.999. The van der Waals surface area contributed by atoms with Crippen LogP contribution in [0, 0.1) is 0 Å². The summed E-state index contributed by atoms with van der Waals surface area (Å²) >= 11 is 4.27. The lowest BCUT2D eigenvalue weighted by atomic mass is 9.97. The van der Waals surface area contributed by atoms with Crippen LogP contribution in [0.5, 0.6) is 5.75 Å². The van der Waals surface area contributed by atoms with Gasteiger partial charge in [0, 0.05) is 5.57 Å². The number of carbonyl (C=O) groups is 1. The largest absolute Gasteiger partial charge is 0.494 e. The second kappa shape index (κ2) is 6.24. The van der Waals surface area contributed by atoms with Gasteiger partial charge in [-0.15, -0.1) is 0 Å². The number of rotatable bonds is 4. The van der Waals surface area contributed by atoms with Crippen molar-refractivity contribution in [2.45, 2.75) is 19.8 Å². The van der Waals surface area contributed by atoms with Gasteiger partial charge in [-0.1, -0.05) is 19.4 Å². The fourth-order valence-electron chi connectivity index (χ4n) is 2.48. The standard InChI is InChI=1S/C17H14I2O2/c1-2-3-6-21-12-5-4-10-7-11-8-14(18)17(20)16(19)15(11)13(10)9-12/h4-5,7-9H,2-3,6H2,1H3. The molecule has 4 heteroatoms. The van der Waals surface area contributed by atoms with Gasteiger partial charge in [-0.3, -0.25) is 4.79 Å². The highest BCUT2D eigenvalue weighted by atomic mass is 127. The van der Waals surface area contributed by atoms with Gasteiger partial charge < -0.3 is 4.74 Å². The van der Waals surface area contributed by atoms with E-state index < -0.39 is 0 Å². The molecule has 0 aromatic heterocycles. The van der Waals surface area contributed by atoms with Crippen molar-refractivity contribution in [3.05, 3.63) is 48.1 Å². The molecule has 0 spiro atoms. The number of Topliss-reactive ketones (excluding diaryl/α,β-unsaturated/α-hetero) is 1. The molecule has 0 saturated carbocycles. The predicted molar refractivity (Wildman–Crippen MR) is 103 cm³/mol. The molecule has 2 aliphatic carbocycles. The molecule has 2 nitrogen and oxygen atoms in total. The number of hydrogen-bond acceptors (Lipinski definition) is 2. The minimum absolute atomic E-state index is 0.119. The molecule has 3 rings (SSSR count). The average Bonchev–Trinajstić information content (AvgIpc) is 2.82. The molecule has 1 aromatic carbocycles. The lowest BCUT2D eigenvalue weighted by Crippen LogP contribution is -2.05. The van der Waals surface area contributed by atoms with Crippen LogP contribution in [0.4, 0.5) is 0 Å². The van der Waals surface area contributed by atoms with Crippen LogP contribution >= 0.6 is 45.2 Å². The van der Waals surface area contributed by atoms with Crippen LogP contribution in [0.15, 0.2) is 37.0 Å². The smallest absolute Gasteiger partial charge is 0.205 e. The quantitative estimate of drug-likeness (QED) is 0.411. The second-order valence-corrected chi connectivity index (χ2v) is 7.30. The van der Waals surface area contributed by atoms with Crippen LogP contribution in [-0.2, 0) is 4.79 Å². The Labute approximate surface area is 151 Å². The molecule has 0 saturated heterocycles. The highest BCUT2D eigenvalue weighted by Crippen LogP contribution is 2.45. The first-order valence-electron chi connectivity index (χ1n) is 6.92. The molecule has 0 amide bonds. The number of ketones is 1. The Balaban J connectivity index is 1.97. The third-order valence-corrected chi connectivity index (χ3v) is 5.41. The molecule has 1 aromatic rings. The molecular weight excluding hydrogens is 490 g/mol. The van der Waals surface area contributed by atoms with Crippen LogP contribution in [0.1, 0.15) is 30.9 Å². The molecule has 0 fully saturated rings. The second-order valence-electron chi connectivity index (χ2n) is 5.06. The Kier molecular flexibility index (Phi) is 4.54. The van der Waals surface area contributed by atoms with E-state index in [0.717, 1.165) is 54.6 Å². The third-order valence-electron chi connectivity index (χ3n) is 3.58. The first-order valence-corrected chi connectivity index (χ1v) is 9.08. The first kappa shape index (κ1) is 15.3. The zero-order chi connectivity index (χ0) is 15.0. The van der Waals surface area contributed by atoms with Crippen molar-refractivity contribution in [1.29, 1.82) is 0 Å². The van der Waals surface area contributed by atoms with Gasteiger partial charge in [-0.2, -0.15) is 0 Å². The fraction of sp³-hybridized carbons (Fsp3) is 0.235. The van der Waals surface area contributed by atoms with Crippen LogP contribution in [0.2, 0.25) is 0 Å². The van der Waals surface area contributed by atoms with E-state index in [1.165, 1.54) is 0 Å². The van der Waals surface area contributed by atoms with E-state index in [-0.39, 0.29) is 5.78 Å². The van der Waals surface area contributed by atoms with Crippen molar-refractivity contribution in [3.63, 3.8) is 0 Å². The van der Waals surface area contributed by atoms with Gasteiger partial charge >= 0.3 is 0 Å². The maximum atomic E-state index is 12.2. The first-order chi connectivity index (χ1) is 10.1. The van der Waals surface area contributed by atoms with Crippen LogP contribution in [0.3, 0.4) is 0 Å². The number of halogens is 2. The molecular formula is C17H14I2O2. The van der Waals surface area contributed by atoms with E-state index in [9.17, 15) is 4.79 Å². The number of allylic oxidation sites excluding steroid dienone is 5. The van der Waals surface area contributed by atoms with Gasteiger partial charge in [0.05, 0.1) is 13.8 Å². The third kappa shape index (κ3) is 2.84. The summed E-state index contributed by atoms with van der Waals surface area (Å²) in [4.78, 5) is 12.2. The summed E-state index contributed by atoms with van der Waals surface area (Å²) in [5.41, 5.74) is 4.45. The zero-order valence-corrected chi connectivity index (χ0v) is 15.9. The number of benzene rings is 1. The van der Waals surface area contributed by atoms with E-state index in [0.29, 0.717) is 0 Å². The Morgan fingerprint density at radius 2 is 2.00 bits per heavy atom. The SMILES string of the molecule is CCCCOc1ccc2c(c1)C1=C(I)C(=O)C(I)=CC1=C2. The van der Waals surface area contributed by atoms with Gasteiger partial charge in [0.1, 0.15) is 5.75 Å². The topological polar surface area (TPSA) is 26.3 Å². The fourth-order valence-corrected chi connectivity index (χ4v) is 4.49. The number of ether oxygens (including phenoxy) is 1. The molecule has 0 unspecified atom stereocenters. The number of hydrogen-bond donors (Lipinski definition) is 0. The van der Waals surface area contributed by atoms with Crippen molar-refractivity contribution >= 4 is 62.6 Å². The maximum Gasteiger partial charge on any atom is 0.205 e. The van der Waals surface area contributed by atoms with E-state index in [1.807, 2.05) is 12.1 Å². The number of carbonyl (C=O) groups excluding carboxylic acids is 1. The Bertz CT molecular complexity index is 712. The van der Waals surface area contributed by atoms with Gasteiger partial charge in [-0.05, 0) is 92.6 Å². The molecule has 0 atom stereocenters. The van der Waals surface area contributed by atoms with Crippen molar-refractivity contribution in [2.24, 2.45) is 0 Å². The van der Waals surface area contributed by atoms with Gasteiger partial charge in [-0.25, -0.2) is 0 Å². The van der Waals surface area contributed by atoms with Crippen LogP contribution in [0.25, 0.3) is 11.6 Å². The molecule has 0 radical (unpaired) electrons. The minimum Gasteiger partial charge on any atom is -0.494 e. The molecule has 0 N–H and O–H groups in total. The van der Waals surface area contributed by atoms with Gasteiger partial charge in [0.15, 0.2) is 0 Å². The van der Waals surface area contributed by atoms with Crippen molar-refractivity contribution < 1.29 is 9.53 Å². The Morgan fingerprint density at radius 3 is 2.76 bits per heavy atom. The van der Waals surface area contributed by atoms with E-state index >= 15 is 0 Å². The number of unbranched alkanes of at least 4 members (excludes halogenated alkanes) is 1. The molecule has 21 heavy (non-hydrogen) atoms. The van der Waals surface area contributed by atoms with Crippen LogP contribution in [-0.4, -0.2) is 12.4 Å². The van der Waals surface area contributed by atoms with Gasteiger partial charge in [0.25, 0.3) is 0 Å². The van der Waals surface area contributed by atoms with E-state index in [2.05, 4.69) is 70.3 Å². The number of fused-ring (bicyclic) bond motifs is 3. The molecule has 0 aliphatic heterocycles. The summed E-state index contributed by atoms with van der Waals surface area (Å²) in [6.07, 6.45) is 6.29. The summed E-state index contributed by atoms with van der Waals surface area (Å²) < 4.78 is 7.36. The van der Waals surface area contributed by atoms with Crippen molar-refractivity contribution in [1.82, 2.24) is 0 Å². The normalized spacial score (nSPS) is 16.4.